The number of aromatic hydroxyl groups is 1. The fourth-order valence-corrected chi connectivity index (χ4v) is 2.32. The molecule has 0 saturated carbocycles. The van der Waals surface area contributed by atoms with Crippen molar-refractivity contribution < 1.29 is 5.11 Å². The van der Waals surface area contributed by atoms with E-state index in [9.17, 15) is 5.11 Å². The quantitative estimate of drug-likeness (QED) is 0.592. The Morgan fingerprint density at radius 3 is 2.22 bits per heavy atom. The number of benzene rings is 1. The topological polar surface area (TPSA) is 20.2 Å². The molecule has 0 fully saturated rings. The first-order chi connectivity index (χ1) is 8.77. The van der Waals surface area contributed by atoms with Gasteiger partial charge in [0.15, 0.2) is 0 Å². The monoisotopic (exact) mass is 248 g/mol. The molecule has 0 aromatic heterocycles. The van der Waals surface area contributed by atoms with Crippen molar-refractivity contribution in [3.8, 4) is 5.75 Å². The Hall–Kier alpha value is -0.980. The Morgan fingerprint density at radius 1 is 0.833 bits per heavy atom. The maximum absolute atomic E-state index is 9.84. The van der Waals surface area contributed by atoms with Gasteiger partial charge in [-0.2, -0.15) is 0 Å². The zero-order valence-corrected chi connectivity index (χ0v) is 12.0. The van der Waals surface area contributed by atoms with Gasteiger partial charge >= 0.3 is 0 Å². The summed E-state index contributed by atoms with van der Waals surface area (Å²) in [6.07, 6.45) is 11.1. The SMILES string of the molecule is CCCCCCc1ccc(O)c(CCCCC)c1. The molecule has 0 amide bonds. The molecule has 0 aliphatic rings. The van der Waals surface area contributed by atoms with Gasteiger partial charge in [-0.25, -0.2) is 0 Å². The van der Waals surface area contributed by atoms with Crippen LogP contribution in [-0.4, -0.2) is 5.11 Å². The highest BCUT2D eigenvalue weighted by atomic mass is 16.3. The van der Waals surface area contributed by atoms with Crippen LogP contribution in [0.15, 0.2) is 18.2 Å². The minimum atomic E-state index is 0.475. The second-order valence-electron chi connectivity index (χ2n) is 5.23. The summed E-state index contributed by atoms with van der Waals surface area (Å²) in [6, 6.07) is 6.15. The summed E-state index contributed by atoms with van der Waals surface area (Å²) < 4.78 is 0. The van der Waals surface area contributed by atoms with Crippen LogP contribution < -0.4 is 0 Å². The molecule has 1 heteroatoms. The molecule has 0 spiro atoms. The summed E-state index contributed by atoms with van der Waals surface area (Å²) in [6.45, 7) is 4.45. The van der Waals surface area contributed by atoms with Crippen molar-refractivity contribution in [1.82, 2.24) is 0 Å². The standard InChI is InChI=1S/C17H28O/c1-3-5-7-9-10-15-12-13-17(18)16(14-15)11-8-6-4-2/h12-14,18H,3-11H2,1-2H3. The first-order valence-corrected chi connectivity index (χ1v) is 7.58. The lowest BCUT2D eigenvalue weighted by Crippen LogP contribution is -1.91. The van der Waals surface area contributed by atoms with Crippen LogP contribution in [0.25, 0.3) is 0 Å². The van der Waals surface area contributed by atoms with Crippen molar-refractivity contribution in [2.75, 3.05) is 0 Å². The van der Waals surface area contributed by atoms with Crippen LogP contribution in [0.2, 0.25) is 0 Å². The number of aryl methyl sites for hydroxylation is 2. The molecule has 0 aliphatic carbocycles. The number of phenolic OH excluding ortho intramolecular Hbond substituents is 1. The van der Waals surface area contributed by atoms with E-state index in [1.54, 1.807) is 0 Å². The minimum Gasteiger partial charge on any atom is -0.508 e. The number of hydrogen-bond acceptors (Lipinski definition) is 1. The number of rotatable bonds is 9. The molecule has 0 aliphatic heterocycles. The lowest BCUT2D eigenvalue weighted by Gasteiger charge is -2.08. The van der Waals surface area contributed by atoms with Gasteiger partial charge in [0.2, 0.25) is 0 Å². The third-order valence-electron chi connectivity index (χ3n) is 3.51. The Morgan fingerprint density at radius 2 is 1.50 bits per heavy atom. The second-order valence-corrected chi connectivity index (χ2v) is 5.23. The van der Waals surface area contributed by atoms with Crippen LogP contribution in [0.5, 0.6) is 5.75 Å². The Bertz CT molecular complexity index is 330. The van der Waals surface area contributed by atoms with Crippen LogP contribution in [-0.2, 0) is 12.8 Å². The van der Waals surface area contributed by atoms with Crippen molar-refractivity contribution in [2.45, 2.75) is 71.6 Å². The number of unbranched alkanes of at least 4 members (excludes halogenated alkanes) is 5. The van der Waals surface area contributed by atoms with Crippen LogP contribution in [0.1, 0.15) is 69.9 Å². The van der Waals surface area contributed by atoms with Gasteiger partial charge < -0.3 is 5.11 Å². The third kappa shape index (κ3) is 5.57. The normalized spacial score (nSPS) is 10.8. The summed E-state index contributed by atoms with van der Waals surface area (Å²) in [5.41, 5.74) is 2.52. The van der Waals surface area contributed by atoms with Crippen LogP contribution in [0.4, 0.5) is 0 Å². The molecule has 1 nitrogen and oxygen atoms in total. The van der Waals surface area contributed by atoms with Crippen molar-refractivity contribution in [3.63, 3.8) is 0 Å². The number of phenols is 1. The number of hydrogen-bond donors (Lipinski definition) is 1. The van der Waals surface area contributed by atoms with Crippen LogP contribution >= 0.6 is 0 Å². The minimum absolute atomic E-state index is 0.475. The summed E-state index contributed by atoms with van der Waals surface area (Å²) in [5, 5.41) is 9.84. The van der Waals surface area contributed by atoms with Crippen molar-refractivity contribution >= 4 is 0 Å². The van der Waals surface area contributed by atoms with Crippen molar-refractivity contribution in [2.24, 2.45) is 0 Å². The van der Waals surface area contributed by atoms with E-state index in [0.717, 1.165) is 18.4 Å². The smallest absolute Gasteiger partial charge is 0.118 e. The molecule has 1 aromatic rings. The highest BCUT2D eigenvalue weighted by Gasteiger charge is 2.03. The van der Waals surface area contributed by atoms with Gasteiger partial charge in [0.05, 0.1) is 0 Å². The lowest BCUT2D eigenvalue weighted by molar-refractivity contribution is 0.466. The fraction of sp³-hybridized carbons (Fsp3) is 0.647. The first-order valence-electron chi connectivity index (χ1n) is 7.58. The molecule has 1 rings (SSSR count). The zero-order valence-electron chi connectivity index (χ0n) is 12.0. The molecule has 0 atom stereocenters. The van der Waals surface area contributed by atoms with E-state index in [0.29, 0.717) is 5.75 Å². The van der Waals surface area contributed by atoms with Crippen LogP contribution in [0.3, 0.4) is 0 Å². The van der Waals surface area contributed by atoms with E-state index in [1.165, 1.54) is 50.5 Å². The van der Waals surface area contributed by atoms with Gasteiger partial charge in [0, 0.05) is 0 Å². The average molecular weight is 248 g/mol. The highest BCUT2D eigenvalue weighted by molar-refractivity contribution is 5.36. The third-order valence-corrected chi connectivity index (χ3v) is 3.51. The second kappa shape index (κ2) is 9.02. The molecule has 1 N–H and O–H groups in total. The summed E-state index contributed by atoms with van der Waals surface area (Å²) in [7, 11) is 0. The summed E-state index contributed by atoms with van der Waals surface area (Å²) in [5.74, 6) is 0.475. The van der Waals surface area contributed by atoms with Crippen LogP contribution in [0, 0.1) is 0 Å². The molecule has 1 aromatic carbocycles. The molecular formula is C17H28O. The Labute approximate surface area is 112 Å². The molecule has 0 bridgehead atoms. The maximum atomic E-state index is 9.84. The molecule has 0 heterocycles. The fourth-order valence-electron chi connectivity index (χ4n) is 2.32. The summed E-state index contributed by atoms with van der Waals surface area (Å²) >= 11 is 0. The lowest BCUT2D eigenvalue weighted by atomic mass is 10.00. The average Bonchev–Trinajstić information content (AvgIpc) is 2.38. The predicted molar refractivity (Wildman–Crippen MR) is 79.2 cm³/mol. The van der Waals surface area contributed by atoms with Gasteiger partial charge in [0.25, 0.3) is 0 Å². The first kappa shape index (κ1) is 15.1. The Kier molecular flexibility index (Phi) is 7.55. The van der Waals surface area contributed by atoms with E-state index in [-0.39, 0.29) is 0 Å². The van der Waals surface area contributed by atoms with Gasteiger partial charge in [0.1, 0.15) is 5.75 Å². The molecule has 102 valence electrons. The van der Waals surface area contributed by atoms with E-state index in [4.69, 9.17) is 0 Å². The molecule has 0 unspecified atom stereocenters. The predicted octanol–water partition coefficient (Wildman–Crippen LogP) is 5.25. The van der Waals surface area contributed by atoms with Gasteiger partial charge in [-0.15, -0.1) is 0 Å². The molecule has 0 radical (unpaired) electrons. The van der Waals surface area contributed by atoms with E-state index in [1.807, 2.05) is 6.07 Å². The molecule has 18 heavy (non-hydrogen) atoms. The molecule has 0 saturated heterocycles. The van der Waals surface area contributed by atoms with E-state index < -0.39 is 0 Å². The summed E-state index contributed by atoms with van der Waals surface area (Å²) in [4.78, 5) is 0. The van der Waals surface area contributed by atoms with Crippen molar-refractivity contribution in [3.05, 3.63) is 29.3 Å². The van der Waals surface area contributed by atoms with E-state index in [2.05, 4.69) is 26.0 Å². The van der Waals surface area contributed by atoms with Crippen molar-refractivity contribution in [1.29, 1.82) is 0 Å². The van der Waals surface area contributed by atoms with Gasteiger partial charge in [-0.1, -0.05) is 58.1 Å². The molecular weight excluding hydrogens is 220 g/mol. The van der Waals surface area contributed by atoms with E-state index >= 15 is 0 Å². The largest absolute Gasteiger partial charge is 0.508 e. The van der Waals surface area contributed by atoms with Gasteiger partial charge in [-0.05, 0) is 42.9 Å². The van der Waals surface area contributed by atoms with Gasteiger partial charge in [-0.3, -0.25) is 0 Å². The maximum Gasteiger partial charge on any atom is 0.118 e. The Balaban J connectivity index is 2.46. The zero-order chi connectivity index (χ0) is 13.2. The highest BCUT2D eigenvalue weighted by Crippen LogP contribution is 2.22.